The summed E-state index contributed by atoms with van der Waals surface area (Å²) < 4.78 is 0. The molecule has 1 aliphatic rings. The number of amides is 1. The molecule has 1 aliphatic heterocycles. The van der Waals surface area contributed by atoms with Crippen LogP contribution in [0.5, 0.6) is 0 Å². The molecule has 76 valence electrons. The molecular formula is C10H18ClNO. The maximum Gasteiger partial charge on any atom is 0.237 e. The van der Waals surface area contributed by atoms with Crippen molar-refractivity contribution in [1.29, 1.82) is 0 Å². The lowest BCUT2D eigenvalue weighted by Gasteiger charge is -2.26. The second-order valence-electron chi connectivity index (χ2n) is 3.91. The van der Waals surface area contributed by atoms with E-state index < -0.39 is 0 Å². The minimum atomic E-state index is 0.0884. The van der Waals surface area contributed by atoms with Crippen LogP contribution in [0.1, 0.15) is 33.1 Å². The Morgan fingerprint density at radius 3 is 2.46 bits per heavy atom. The van der Waals surface area contributed by atoms with Gasteiger partial charge in [-0.1, -0.05) is 13.8 Å². The molecule has 1 amide bonds. The number of hydrogen-bond donors (Lipinski definition) is 0. The van der Waals surface area contributed by atoms with Crippen molar-refractivity contribution in [2.24, 2.45) is 5.41 Å². The van der Waals surface area contributed by atoms with E-state index in [0.29, 0.717) is 5.41 Å². The summed E-state index contributed by atoms with van der Waals surface area (Å²) in [6.07, 6.45) is 3.47. The summed E-state index contributed by atoms with van der Waals surface area (Å²) in [6, 6.07) is 0. The topological polar surface area (TPSA) is 20.3 Å². The molecule has 0 bridgehead atoms. The van der Waals surface area contributed by atoms with Gasteiger partial charge in [-0.05, 0) is 24.7 Å². The van der Waals surface area contributed by atoms with Crippen molar-refractivity contribution < 1.29 is 4.79 Å². The summed E-state index contributed by atoms with van der Waals surface area (Å²) in [7, 11) is 0. The van der Waals surface area contributed by atoms with Crippen molar-refractivity contribution in [3.63, 3.8) is 0 Å². The SMILES string of the molecule is CCC1(CC)CCN(C(=O)CCl)C1. The van der Waals surface area contributed by atoms with Gasteiger partial charge in [-0.15, -0.1) is 11.6 Å². The van der Waals surface area contributed by atoms with Gasteiger partial charge in [-0.2, -0.15) is 0 Å². The average Bonchev–Trinajstić information content (AvgIpc) is 2.61. The van der Waals surface area contributed by atoms with Crippen LogP contribution in [-0.2, 0) is 4.79 Å². The molecule has 0 spiro atoms. The maximum atomic E-state index is 11.3. The Kier molecular flexibility index (Phi) is 3.60. The molecule has 0 atom stereocenters. The number of carbonyl (C=O) groups is 1. The number of hydrogen-bond acceptors (Lipinski definition) is 1. The van der Waals surface area contributed by atoms with Gasteiger partial charge < -0.3 is 4.90 Å². The van der Waals surface area contributed by atoms with Crippen molar-refractivity contribution in [3.05, 3.63) is 0 Å². The van der Waals surface area contributed by atoms with Gasteiger partial charge in [0.25, 0.3) is 0 Å². The Balaban J connectivity index is 2.56. The van der Waals surface area contributed by atoms with Gasteiger partial charge in [0, 0.05) is 13.1 Å². The first-order valence-corrected chi connectivity index (χ1v) is 5.54. The Morgan fingerprint density at radius 1 is 1.46 bits per heavy atom. The normalized spacial score (nSPS) is 20.7. The molecule has 0 saturated carbocycles. The predicted octanol–water partition coefficient (Wildman–Crippen LogP) is 2.26. The molecule has 1 saturated heterocycles. The minimum Gasteiger partial charge on any atom is -0.341 e. The Bertz CT molecular complexity index is 189. The lowest BCUT2D eigenvalue weighted by Crippen LogP contribution is -2.32. The van der Waals surface area contributed by atoms with E-state index in [9.17, 15) is 4.79 Å². The molecule has 0 aromatic heterocycles. The Labute approximate surface area is 85.2 Å². The van der Waals surface area contributed by atoms with E-state index in [0.717, 1.165) is 32.4 Å². The smallest absolute Gasteiger partial charge is 0.237 e. The largest absolute Gasteiger partial charge is 0.341 e. The first kappa shape index (κ1) is 10.8. The highest BCUT2D eigenvalue weighted by molar-refractivity contribution is 6.27. The summed E-state index contributed by atoms with van der Waals surface area (Å²) in [5, 5.41) is 0. The number of likely N-dealkylation sites (tertiary alicyclic amines) is 1. The van der Waals surface area contributed by atoms with Crippen LogP contribution in [-0.4, -0.2) is 29.8 Å². The minimum absolute atomic E-state index is 0.0884. The van der Waals surface area contributed by atoms with Gasteiger partial charge in [0.2, 0.25) is 5.91 Å². The lowest BCUT2D eigenvalue weighted by molar-refractivity contribution is -0.127. The molecule has 3 heteroatoms. The first-order chi connectivity index (χ1) is 6.17. The highest BCUT2D eigenvalue weighted by Gasteiger charge is 2.36. The van der Waals surface area contributed by atoms with E-state index in [1.54, 1.807) is 0 Å². The maximum absolute atomic E-state index is 11.3. The van der Waals surface area contributed by atoms with Crippen LogP contribution in [0.25, 0.3) is 0 Å². The molecule has 2 nitrogen and oxygen atoms in total. The Morgan fingerprint density at radius 2 is 2.08 bits per heavy atom. The molecule has 0 N–H and O–H groups in total. The summed E-state index contributed by atoms with van der Waals surface area (Å²) in [6.45, 7) is 6.22. The third-order valence-electron chi connectivity index (χ3n) is 3.41. The van der Waals surface area contributed by atoms with Crippen LogP contribution in [0.4, 0.5) is 0 Å². The lowest BCUT2D eigenvalue weighted by atomic mass is 9.82. The molecule has 0 unspecified atom stereocenters. The van der Waals surface area contributed by atoms with Crippen molar-refractivity contribution in [1.82, 2.24) is 4.90 Å². The van der Waals surface area contributed by atoms with E-state index in [1.165, 1.54) is 0 Å². The van der Waals surface area contributed by atoms with Crippen LogP contribution < -0.4 is 0 Å². The first-order valence-electron chi connectivity index (χ1n) is 5.01. The fourth-order valence-corrected chi connectivity index (χ4v) is 2.23. The van der Waals surface area contributed by atoms with E-state index in [-0.39, 0.29) is 11.8 Å². The monoisotopic (exact) mass is 203 g/mol. The fraction of sp³-hybridized carbons (Fsp3) is 0.900. The van der Waals surface area contributed by atoms with Gasteiger partial charge in [-0.25, -0.2) is 0 Å². The predicted molar refractivity (Wildman–Crippen MR) is 54.9 cm³/mol. The number of rotatable bonds is 3. The van der Waals surface area contributed by atoms with Gasteiger partial charge in [0.05, 0.1) is 0 Å². The standard InChI is InChI=1S/C10H18ClNO/c1-3-10(4-2)5-6-12(8-10)9(13)7-11/h3-8H2,1-2H3. The third-order valence-corrected chi connectivity index (χ3v) is 3.63. The quantitative estimate of drug-likeness (QED) is 0.645. The van der Waals surface area contributed by atoms with Crippen molar-refractivity contribution in [2.45, 2.75) is 33.1 Å². The highest BCUT2D eigenvalue weighted by atomic mass is 35.5. The van der Waals surface area contributed by atoms with Crippen LogP contribution in [0.3, 0.4) is 0 Å². The molecule has 0 aliphatic carbocycles. The summed E-state index contributed by atoms with van der Waals surface area (Å²) in [5.41, 5.74) is 0.377. The van der Waals surface area contributed by atoms with Gasteiger partial charge in [0.1, 0.15) is 5.88 Å². The van der Waals surface area contributed by atoms with Crippen LogP contribution in [0.2, 0.25) is 0 Å². The van der Waals surface area contributed by atoms with E-state index in [1.807, 2.05) is 4.90 Å². The van der Waals surface area contributed by atoms with Crippen LogP contribution >= 0.6 is 11.6 Å². The van der Waals surface area contributed by atoms with Gasteiger partial charge in [0.15, 0.2) is 0 Å². The van der Waals surface area contributed by atoms with Crippen LogP contribution in [0, 0.1) is 5.41 Å². The van der Waals surface area contributed by atoms with E-state index >= 15 is 0 Å². The highest BCUT2D eigenvalue weighted by Crippen LogP contribution is 2.36. The summed E-state index contributed by atoms with van der Waals surface area (Å²) >= 11 is 5.52. The second kappa shape index (κ2) is 4.32. The van der Waals surface area contributed by atoms with E-state index in [2.05, 4.69) is 13.8 Å². The second-order valence-corrected chi connectivity index (χ2v) is 4.17. The number of nitrogens with zero attached hydrogens (tertiary/aromatic N) is 1. The molecule has 0 radical (unpaired) electrons. The number of carbonyl (C=O) groups excluding carboxylic acids is 1. The molecule has 1 fully saturated rings. The van der Waals surface area contributed by atoms with Crippen molar-refractivity contribution in [2.75, 3.05) is 19.0 Å². The molecular weight excluding hydrogens is 186 g/mol. The van der Waals surface area contributed by atoms with Gasteiger partial charge in [-0.3, -0.25) is 4.79 Å². The van der Waals surface area contributed by atoms with E-state index in [4.69, 9.17) is 11.6 Å². The van der Waals surface area contributed by atoms with Crippen LogP contribution in [0.15, 0.2) is 0 Å². The molecule has 0 aromatic carbocycles. The zero-order valence-electron chi connectivity index (χ0n) is 8.48. The summed E-state index contributed by atoms with van der Waals surface area (Å²) in [4.78, 5) is 13.2. The van der Waals surface area contributed by atoms with Gasteiger partial charge >= 0.3 is 0 Å². The molecule has 0 aromatic rings. The van der Waals surface area contributed by atoms with Crippen molar-refractivity contribution >= 4 is 17.5 Å². The average molecular weight is 204 g/mol. The van der Waals surface area contributed by atoms with Crippen molar-refractivity contribution in [3.8, 4) is 0 Å². The zero-order valence-corrected chi connectivity index (χ0v) is 9.23. The fourth-order valence-electron chi connectivity index (χ4n) is 2.06. The Hall–Kier alpha value is -0.240. The molecule has 1 heterocycles. The number of alkyl halides is 1. The zero-order chi connectivity index (χ0) is 9.90. The summed E-state index contributed by atoms with van der Waals surface area (Å²) in [5.74, 6) is 0.217. The molecule has 13 heavy (non-hydrogen) atoms. The third kappa shape index (κ3) is 2.16. The number of halogens is 1. The molecule has 1 rings (SSSR count).